The van der Waals surface area contributed by atoms with Gasteiger partial charge in [-0.15, -0.1) is 0 Å². The molecule has 0 saturated carbocycles. The Balaban J connectivity index is 1.94. The number of halogens is 2. The fourth-order valence-electron chi connectivity index (χ4n) is 5.31. The third kappa shape index (κ3) is 4.83. The summed E-state index contributed by atoms with van der Waals surface area (Å²) in [5, 5.41) is 25.6. The van der Waals surface area contributed by atoms with E-state index in [1.807, 2.05) is 13.8 Å². The molecule has 0 fully saturated rings. The van der Waals surface area contributed by atoms with Crippen LogP contribution in [0.1, 0.15) is 35.7 Å². The number of aromatic nitrogens is 4. The molecule has 0 saturated heterocycles. The number of hydrogen-bond acceptors (Lipinski definition) is 6. The lowest BCUT2D eigenvalue weighted by Crippen LogP contribution is -2.26. The molecule has 0 aliphatic rings. The molecule has 0 amide bonds. The van der Waals surface area contributed by atoms with Crippen molar-refractivity contribution in [1.82, 2.24) is 19.3 Å². The fourth-order valence-corrected chi connectivity index (χ4v) is 5.31. The summed E-state index contributed by atoms with van der Waals surface area (Å²) >= 11 is 0. The number of fused-ring (bicyclic) bond motifs is 1. The molecular formula is C30H28F2N4O5. The third-order valence-corrected chi connectivity index (χ3v) is 7.01. The number of nitrogens with zero attached hydrogens (tertiary/aromatic N) is 4. The van der Waals surface area contributed by atoms with Crippen LogP contribution >= 0.6 is 0 Å². The summed E-state index contributed by atoms with van der Waals surface area (Å²) in [6.45, 7) is 3.91. The predicted molar refractivity (Wildman–Crippen MR) is 148 cm³/mol. The molecule has 0 spiro atoms. The Morgan fingerprint density at radius 2 is 1.76 bits per heavy atom. The maximum absolute atomic E-state index is 14.9. The zero-order valence-electron chi connectivity index (χ0n) is 23.1. The van der Waals surface area contributed by atoms with Crippen molar-refractivity contribution in [2.45, 2.75) is 25.7 Å². The van der Waals surface area contributed by atoms with Crippen LogP contribution in [0.2, 0.25) is 0 Å². The molecule has 41 heavy (non-hydrogen) atoms. The Morgan fingerprint density at radius 1 is 1.02 bits per heavy atom. The summed E-state index contributed by atoms with van der Waals surface area (Å²) in [5.41, 5.74) is 1.58. The second-order valence-electron chi connectivity index (χ2n) is 10.3. The van der Waals surface area contributed by atoms with E-state index >= 15 is 0 Å². The van der Waals surface area contributed by atoms with Gasteiger partial charge in [0.15, 0.2) is 17.4 Å². The predicted octanol–water partition coefficient (Wildman–Crippen LogP) is 5.65. The Hall–Kier alpha value is -4.93. The summed E-state index contributed by atoms with van der Waals surface area (Å²) in [6.07, 6.45) is 1.92. The number of ether oxygens (including phenoxy) is 2. The molecule has 0 radical (unpaired) electrons. The van der Waals surface area contributed by atoms with Crippen LogP contribution in [-0.2, 0) is 18.9 Å². The van der Waals surface area contributed by atoms with Crippen molar-refractivity contribution >= 4 is 16.9 Å². The molecule has 5 aromatic rings. The van der Waals surface area contributed by atoms with E-state index in [1.165, 1.54) is 44.6 Å². The van der Waals surface area contributed by atoms with E-state index in [-0.39, 0.29) is 22.8 Å². The first-order valence-corrected chi connectivity index (χ1v) is 12.6. The van der Waals surface area contributed by atoms with Crippen molar-refractivity contribution in [3.8, 4) is 34.1 Å². The molecule has 2 heterocycles. The molecule has 5 rings (SSSR count). The second kappa shape index (κ2) is 10.2. The molecule has 0 aliphatic carbocycles. The molecule has 2 N–H and O–H groups in total. The largest absolute Gasteiger partial charge is 0.507 e. The molecule has 0 atom stereocenters. The van der Waals surface area contributed by atoms with Gasteiger partial charge in [-0.2, -0.15) is 5.10 Å². The highest BCUT2D eigenvalue weighted by Gasteiger charge is 2.35. The Bertz CT molecular complexity index is 1810. The zero-order valence-corrected chi connectivity index (χ0v) is 23.1. The summed E-state index contributed by atoms with van der Waals surface area (Å²) in [4.78, 5) is 16.2. The van der Waals surface area contributed by atoms with Gasteiger partial charge in [0.2, 0.25) is 0 Å². The smallest absolute Gasteiger partial charge is 0.339 e. The number of hydrogen-bond donors (Lipinski definition) is 2. The van der Waals surface area contributed by atoms with Crippen LogP contribution in [0, 0.1) is 11.6 Å². The molecule has 0 aliphatic heterocycles. The number of rotatable bonds is 8. The number of aromatic hydroxyl groups is 1. The molecular weight excluding hydrogens is 534 g/mol. The van der Waals surface area contributed by atoms with Crippen LogP contribution in [0.3, 0.4) is 0 Å². The van der Waals surface area contributed by atoms with E-state index in [2.05, 4.69) is 10.1 Å². The van der Waals surface area contributed by atoms with Gasteiger partial charge in [0.1, 0.15) is 29.2 Å². The van der Waals surface area contributed by atoms with Crippen molar-refractivity contribution in [2.75, 3.05) is 14.2 Å². The van der Waals surface area contributed by atoms with Crippen LogP contribution in [0.5, 0.6) is 17.2 Å². The van der Waals surface area contributed by atoms with Gasteiger partial charge >= 0.3 is 5.97 Å². The van der Waals surface area contributed by atoms with Crippen molar-refractivity contribution in [3.05, 3.63) is 83.6 Å². The van der Waals surface area contributed by atoms with Crippen molar-refractivity contribution in [2.24, 2.45) is 7.05 Å². The number of aryl methyl sites for hydroxylation is 1. The Morgan fingerprint density at radius 3 is 2.39 bits per heavy atom. The number of methoxy groups -OCH3 is 2. The van der Waals surface area contributed by atoms with E-state index in [0.29, 0.717) is 45.7 Å². The third-order valence-electron chi connectivity index (χ3n) is 7.01. The van der Waals surface area contributed by atoms with E-state index in [1.54, 1.807) is 34.8 Å². The highest BCUT2D eigenvalue weighted by molar-refractivity contribution is 6.04. The Labute approximate surface area is 234 Å². The van der Waals surface area contributed by atoms with E-state index in [9.17, 15) is 23.8 Å². The maximum atomic E-state index is 14.9. The molecule has 2 aromatic heterocycles. The first-order chi connectivity index (χ1) is 19.4. The molecule has 3 aromatic carbocycles. The number of carboxylic acid groups (broad SMARTS) is 1. The normalized spacial score (nSPS) is 11.7. The lowest BCUT2D eigenvalue weighted by molar-refractivity contribution is 0.0693. The molecule has 212 valence electrons. The van der Waals surface area contributed by atoms with Crippen molar-refractivity contribution in [1.29, 1.82) is 0 Å². The number of phenolic OH excluding ortho intramolecular Hbond substituents is 1. The number of phenols is 1. The summed E-state index contributed by atoms with van der Waals surface area (Å²) in [7, 11) is 4.47. The number of benzene rings is 3. The lowest BCUT2D eigenvalue weighted by Gasteiger charge is -2.28. The first kappa shape index (κ1) is 27.6. The minimum absolute atomic E-state index is 0.0193. The lowest BCUT2D eigenvalue weighted by atomic mass is 9.81. The van der Waals surface area contributed by atoms with Crippen LogP contribution in [0.15, 0.2) is 54.9 Å². The molecule has 9 nitrogen and oxygen atoms in total. The van der Waals surface area contributed by atoms with Crippen LogP contribution < -0.4 is 9.47 Å². The number of carbonyl (C=O) groups is 1. The summed E-state index contributed by atoms with van der Waals surface area (Å²) in [6, 6.07) is 11.2. The zero-order chi connectivity index (χ0) is 29.6. The maximum Gasteiger partial charge on any atom is 0.339 e. The topological polar surface area (TPSA) is 112 Å². The average Bonchev–Trinajstić information content (AvgIpc) is 3.49. The van der Waals surface area contributed by atoms with Crippen LogP contribution in [-0.4, -0.2) is 49.7 Å². The minimum Gasteiger partial charge on any atom is -0.507 e. The van der Waals surface area contributed by atoms with E-state index in [0.717, 1.165) is 6.07 Å². The van der Waals surface area contributed by atoms with Crippen LogP contribution in [0.25, 0.3) is 27.7 Å². The van der Waals surface area contributed by atoms with E-state index in [4.69, 9.17) is 9.47 Å². The van der Waals surface area contributed by atoms with Crippen molar-refractivity contribution in [3.63, 3.8) is 0 Å². The highest BCUT2D eigenvalue weighted by atomic mass is 19.1. The average molecular weight is 563 g/mol. The summed E-state index contributed by atoms with van der Waals surface area (Å²) < 4.78 is 43.4. The van der Waals surface area contributed by atoms with Gasteiger partial charge in [0.05, 0.1) is 25.1 Å². The highest BCUT2D eigenvalue weighted by Crippen LogP contribution is 2.48. The number of aromatic carboxylic acids is 1. The van der Waals surface area contributed by atoms with E-state index < -0.39 is 23.0 Å². The van der Waals surface area contributed by atoms with Gasteiger partial charge < -0.3 is 24.3 Å². The Kier molecular flexibility index (Phi) is 6.90. The molecule has 11 heteroatoms. The van der Waals surface area contributed by atoms with Gasteiger partial charge in [-0.25, -0.2) is 18.6 Å². The van der Waals surface area contributed by atoms with Gasteiger partial charge in [-0.05, 0) is 35.9 Å². The quantitative estimate of drug-likeness (QED) is 0.252. The van der Waals surface area contributed by atoms with Crippen molar-refractivity contribution < 1.29 is 33.3 Å². The van der Waals surface area contributed by atoms with Gasteiger partial charge in [-0.1, -0.05) is 19.9 Å². The van der Waals surface area contributed by atoms with Gasteiger partial charge in [0.25, 0.3) is 0 Å². The summed E-state index contributed by atoms with van der Waals surface area (Å²) in [5.74, 6) is -2.10. The SMILES string of the molecule is COc1cc(-n2c(C(C)(C)Cc3ncn(C)n3)c(-c3ccc(C(=O)O)c(OC)c3)c3c(O)cc(F)cc32)ccc1F. The monoisotopic (exact) mass is 562 g/mol. The minimum atomic E-state index is -1.17. The van der Waals surface area contributed by atoms with Gasteiger partial charge in [-0.3, -0.25) is 4.68 Å². The standard InChI is InChI=1S/C30H28F2N4O5/c1-30(2,14-25-33-15-35(3)34-25)28-26(16-6-8-19(29(38)39)23(10-16)40-4)27-21(11-17(31)12-22(27)37)36(28)18-7-9-20(32)24(13-18)41-5/h6-13,15,37H,14H2,1-5H3,(H,38,39). The van der Waals surface area contributed by atoms with Crippen LogP contribution in [0.4, 0.5) is 8.78 Å². The molecule has 0 bridgehead atoms. The first-order valence-electron chi connectivity index (χ1n) is 12.6. The number of carboxylic acids is 1. The molecule has 0 unspecified atom stereocenters. The second-order valence-corrected chi connectivity index (χ2v) is 10.3. The van der Waals surface area contributed by atoms with Gasteiger partial charge in [0, 0.05) is 48.0 Å². The fraction of sp³-hybridized carbons (Fsp3) is 0.233.